The first-order valence-corrected chi connectivity index (χ1v) is 35.2. The van der Waals surface area contributed by atoms with Gasteiger partial charge in [0.05, 0.1) is 39.9 Å². The minimum Gasteiger partial charge on any atom is -0.387 e. The van der Waals surface area contributed by atoms with Crippen LogP contribution >= 0.6 is 7.82 Å². The van der Waals surface area contributed by atoms with E-state index in [2.05, 4.69) is 31.3 Å². The van der Waals surface area contributed by atoms with E-state index in [1.165, 1.54) is 295 Å². The first kappa shape index (κ1) is 75.0. The molecule has 9 heteroatoms. The highest BCUT2D eigenvalue weighted by molar-refractivity contribution is 7.47. The van der Waals surface area contributed by atoms with Gasteiger partial charge in [-0.25, -0.2) is 4.57 Å². The number of carbonyl (C=O) groups excluding carboxylic acids is 1. The summed E-state index contributed by atoms with van der Waals surface area (Å²) in [6.07, 6.45) is 76.1. The number of nitrogens with zero attached hydrogens (tertiary/aromatic N) is 1. The molecule has 0 rings (SSSR count). The zero-order valence-corrected chi connectivity index (χ0v) is 52.7. The number of rotatable bonds is 63. The number of unbranched alkanes of at least 4 members (excludes halogenated alkanes) is 48. The van der Waals surface area contributed by atoms with Crippen molar-refractivity contribution in [3.8, 4) is 0 Å². The van der Waals surface area contributed by atoms with Crippen LogP contribution in [0.2, 0.25) is 0 Å². The van der Waals surface area contributed by atoms with E-state index in [0.717, 1.165) is 32.1 Å². The Kier molecular flexibility index (Phi) is 57.8. The summed E-state index contributed by atoms with van der Waals surface area (Å²) in [5.41, 5.74) is 0. The number of carbonyl (C=O) groups is 1. The molecule has 0 aliphatic carbocycles. The van der Waals surface area contributed by atoms with Gasteiger partial charge < -0.3 is 19.8 Å². The van der Waals surface area contributed by atoms with Gasteiger partial charge in [0, 0.05) is 6.42 Å². The Bertz CT molecular complexity index is 1290. The van der Waals surface area contributed by atoms with Gasteiger partial charge in [0.25, 0.3) is 0 Å². The van der Waals surface area contributed by atoms with E-state index in [-0.39, 0.29) is 19.1 Å². The molecule has 0 fully saturated rings. The standard InChI is InChI=1S/C67H133N2O6P/c1-6-8-10-12-14-16-18-20-22-24-25-26-27-28-29-30-31-32-33-34-35-36-37-38-39-40-41-42-43-45-47-49-51-53-55-57-59-61-67(71)68-65(64-75-76(72,73)74-63-62-69(3,4)5)66(70)60-58-56-54-52-50-48-46-44-23-21-19-17-15-13-11-9-7-2/h24-25,58,60,65-66,70H,6-23,26-57,59,61-64H2,1-5H3,(H-,68,71,72,73)/p+1/b25-24-,60-58+. The number of aliphatic hydroxyl groups excluding tert-OH is 1. The number of allylic oxidation sites excluding steroid dienone is 3. The Labute approximate surface area is 474 Å². The molecular weight excluding hydrogens is 960 g/mol. The van der Waals surface area contributed by atoms with E-state index < -0.39 is 20.0 Å². The fourth-order valence-corrected chi connectivity index (χ4v) is 11.1. The number of likely N-dealkylation sites (N-methyl/N-ethyl adjacent to an activating group) is 1. The van der Waals surface area contributed by atoms with Crippen molar-refractivity contribution in [3.63, 3.8) is 0 Å². The summed E-state index contributed by atoms with van der Waals surface area (Å²) in [5, 5.41) is 14.0. The van der Waals surface area contributed by atoms with Crippen LogP contribution in [-0.2, 0) is 18.4 Å². The molecule has 76 heavy (non-hydrogen) atoms. The summed E-state index contributed by atoms with van der Waals surface area (Å²) in [4.78, 5) is 23.4. The first-order chi connectivity index (χ1) is 37.0. The minimum absolute atomic E-state index is 0.0645. The number of hydrogen-bond donors (Lipinski definition) is 3. The summed E-state index contributed by atoms with van der Waals surface area (Å²) in [6, 6.07) is -0.843. The Morgan fingerprint density at radius 1 is 0.434 bits per heavy atom. The van der Waals surface area contributed by atoms with E-state index >= 15 is 0 Å². The molecule has 1 amide bonds. The van der Waals surface area contributed by atoms with E-state index in [1.54, 1.807) is 6.08 Å². The summed E-state index contributed by atoms with van der Waals surface area (Å²) >= 11 is 0. The third-order valence-electron chi connectivity index (χ3n) is 15.7. The highest BCUT2D eigenvalue weighted by atomic mass is 31.2. The van der Waals surface area contributed by atoms with Crippen molar-refractivity contribution in [2.45, 2.75) is 360 Å². The third kappa shape index (κ3) is 60.6. The normalized spacial score (nSPS) is 13.8. The molecule has 452 valence electrons. The van der Waals surface area contributed by atoms with Crippen LogP contribution in [0, 0.1) is 0 Å². The van der Waals surface area contributed by atoms with Crippen molar-refractivity contribution in [1.29, 1.82) is 0 Å². The smallest absolute Gasteiger partial charge is 0.387 e. The van der Waals surface area contributed by atoms with Gasteiger partial charge in [-0.3, -0.25) is 13.8 Å². The van der Waals surface area contributed by atoms with Crippen LogP contribution in [0.25, 0.3) is 0 Å². The zero-order chi connectivity index (χ0) is 55.6. The zero-order valence-electron chi connectivity index (χ0n) is 51.8. The summed E-state index contributed by atoms with van der Waals surface area (Å²) in [6.45, 7) is 4.87. The molecule has 0 saturated heterocycles. The van der Waals surface area contributed by atoms with Gasteiger partial charge in [0.1, 0.15) is 13.2 Å². The van der Waals surface area contributed by atoms with Gasteiger partial charge in [-0.05, 0) is 44.9 Å². The molecule has 0 spiro atoms. The lowest BCUT2D eigenvalue weighted by molar-refractivity contribution is -0.870. The molecule has 0 radical (unpaired) electrons. The minimum atomic E-state index is -4.35. The first-order valence-electron chi connectivity index (χ1n) is 33.7. The highest BCUT2D eigenvalue weighted by Crippen LogP contribution is 2.43. The van der Waals surface area contributed by atoms with Gasteiger partial charge in [-0.2, -0.15) is 0 Å². The molecule has 0 aliphatic rings. The second-order valence-electron chi connectivity index (χ2n) is 24.6. The highest BCUT2D eigenvalue weighted by Gasteiger charge is 2.28. The predicted octanol–water partition coefficient (Wildman–Crippen LogP) is 21.1. The van der Waals surface area contributed by atoms with Crippen molar-refractivity contribution in [2.24, 2.45) is 0 Å². The van der Waals surface area contributed by atoms with Crippen molar-refractivity contribution in [2.75, 3.05) is 40.9 Å². The van der Waals surface area contributed by atoms with Gasteiger partial charge in [0.2, 0.25) is 5.91 Å². The van der Waals surface area contributed by atoms with Crippen LogP contribution in [-0.4, -0.2) is 73.4 Å². The molecule has 3 atom stereocenters. The maximum atomic E-state index is 13.0. The molecule has 3 N–H and O–H groups in total. The van der Waals surface area contributed by atoms with Gasteiger partial charge in [0.15, 0.2) is 0 Å². The molecule has 0 aromatic carbocycles. The number of phosphoric ester groups is 1. The monoisotopic (exact) mass is 1090 g/mol. The second-order valence-corrected chi connectivity index (χ2v) is 26.0. The fourth-order valence-electron chi connectivity index (χ4n) is 10.4. The van der Waals surface area contributed by atoms with E-state index in [4.69, 9.17) is 9.05 Å². The van der Waals surface area contributed by atoms with Crippen molar-refractivity contribution in [3.05, 3.63) is 24.3 Å². The van der Waals surface area contributed by atoms with Crippen molar-refractivity contribution in [1.82, 2.24) is 5.32 Å². The molecule has 0 aromatic heterocycles. The molecule has 0 saturated carbocycles. The number of amides is 1. The quantitative estimate of drug-likeness (QED) is 0.0243. The van der Waals surface area contributed by atoms with E-state index in [0.29, 0.717) is 17.4 Å². The molecular formula is C67H134N2O6P+. The molecule has 0 heterocycles. The molecule has 8 nitrogen and oxygen atoms in total. The summed E-state index contributed by atoms with van der Waals surface area (Å²) in [7, 11) is 1.59. The second kappa shape index (κ2) is 58.6. The van der Waals surface area contributed by atoms with E-state index in [9.17, 15) is 19.4 Å². The summed E-state index contributed by atoms with van der Waals surface area (Å²) in [5.74, 6) is -0.169. The number of quaternary nitrogens is 1. The number of hydrogen-bond acceptors (Lipinski definition) is 5. The topological polar surface area (TPSA) is 105 Å². The van der Waals surface area contributed by atoms with Gasteiger partial charge in [-0.1, -0.05) is 321 Å². The predicted molar refractivity (Wildman–Crippen MR) is 332 cm³/mol. The number of aliphatic hydroxyl groups is 1. The largest absolute Gasteiger partial charge is 0.472 e. The maximum Gasteiger partial charge on any atom is 0.472 e. The fraction of sp³-hybridized carbons (Fsp3) is 0.925. The lowest BCUT2D eigenvalue weighted by Gasteiger charge is -2.25. The van der Waals surface area contributed by atoms with Crippen LogP contribution in [0.4, 0.5) is 0 Å². The average Bonchev–Trinajstić information content (AvgIpc) is 3.38. The van der Waals surface area contributed by atoms with Crippen molar-refractivity contribution < 1.29 is 32.9 Å². The van der Waals surface area contributed by atoms with E-state index in [1.807, 2.05) is 27.2 Å². The average molecular weight is 1090 g/mol. The molecule has 0 aliphatic heterocycles. The summed E-state index contributed by atoms with van der Waals surface area (Å²) < 4.78 is 23.8. The van der Waals surface area contributed by atoms with Crippen LogP contribution in [0.15, 0.2) is 24.3 Å². The van der Waals surface area contributed by atoms with Gasteiger partial charge in [-0.15, -0.1) is 0 Å². The van der Waals surface area contributed by atoms with Crippen molar-refractivity contribution >= 4 is 13.7 Å². The van der Waals surface area contributed by atoms with Crippen LogP contribution in [0.3, 0.4) is 0 Å². The van der Waals surface area contributed by atoms with Crippen LogP contribution < -0.4 is 5.32 Å². The lowest BCUT2D eigenvalue weighted by atomic mass is 10.0. The van der Waals surface area contributed by atoms with Crippen LogP contribution in [0.5, 0.6) is 0 Å². The Balaban J connectivity index is 3.92. The Morgan fingerprint density at radius 2 is 0.711 bits per heavy atom. The Hall–Kier alpha value is -1.02. The van der Waals surface area contributed by atoms with Gasteiger partial charge >= 0.3 is 7.82 Å². The third-order valence-corrected chi connectivity index (χ3v) is 16.6. The number of phosphoric acid groups is 1. The molecule has 3 unspecified atom stereocenters. The lowest BCUT2D eigenvalue weighted by Crippen LogP contribution is -2.45. The van der Waals surface area contributed by atoms with Crippen LogP contribution in [0.1, 0.15) is 348 Å². The Morgan fingerprint density at radius 3 is 1.01 bits per heavy atom. The maximum absolute atomic E-state index is 13.0. The molecule has 0 aromatic rings. The SMILES string of the molecule is CCCCCCCCCC/C=C\CCCCCCCCCCCCCCCCCCCCCCCCCCCC(=O)NC(COP(=O)(O)OCC[N+](C)(C)C)C(O)/C=C/CCCCCCCCCCCCCCCCC. The number of nitrogens with one attached hydrogen (secondary N) is 1. The molecule has 0 bridgehead atoms.